The molecule has 5 nitrogen and oxygen atoms in total. The Balaban J connectivity index is 1.83. The van der Waals surface area contributed by atoms with E-state index in [0.29, 0.717) is 25.9 Å². The Morgan fingerprint density at radius 2 is 1.81 bits per heavy atom. The third-order valence-corrected chi connectivity index (χ3v) is 4.49. The molecule has 0 aliphatic rings. The van der Waals surface area contributed by atoms with Crippen molar-refractivity contribution in [3.63, 3.8) is 0 Å². The van der Waals surface area contributed by atoms with Gasteiger partial charge in [0.1, 0.15) is 5.75 Å². The largest absolute Gasteiger partial charge is 0.494 e. The molecule has 0 saturated carbocycles. The highest BCUT2D eigenvalue weighted by molar-refractivity contribution is 5.77. The Labute approximate surface area is 160 Å². The molecule has 2 N–H and O–H groups in total. The smallest absolute Gasteiger partial charge is 0.308 e. The summed E-state index contributed by atoms with van der Waals surface area (Å²) in [6, 6.07) is 15.3. The number of carbonyl (C=O) groups is 2. The van der Waals surface area contributed by atoms with Crippen LogP contribution in [0.5, 0.6) is 5.75 Å². The van der Waals surface area contributed by atoms with Gasteiger partial charge in [-0.2, -0.15) is 0 Å². The van der Waals surface area contributed by atoms with E-state index in [-0.39, 0.29) is 12.5 Å². The highest BCUT2D eigenvalue weighted by Gasteiger charge is 2.19. The fourth-order valence-electron chi connectivity index (χ4n) is 2.88. The molecule has 2 rings (SSSR count). The van der Waals surface area contributed by atoms with Crippen molar-refractivity contribution in [1.82, 2.24) is 5.32 Å². The van der Waals surface area contributed by atoms with E-state index in [1.807, 2.05) is 62.4 Å². The van der Waals surface area contributed by atoms with E-state index in [1.54, 1.807) is 0 Å². The number of carbonyl (C=O) groups excluding carboxylic acids is 1. The lowest BCUT2D eigenvalue weighted by atomic mass is 9.99. The number of hydrogen-bond donors (Lipinski definition) is 2. The average molecular weight is 369 g/mol. The van der Waals surface area contributed by atoms with Crippen LogP contribution in [0.1, 0.15) is 30.0 Å². The molecule has 27 heavy (non-hydrogen) atoms. The van der Waals surface area contributed by atoms with Crippen molar-refractivity contribution in [2.24, 2.45) is 5.92 Å². The number of amides is 1. The Hall–Kier alpha value is -2.82. The summed E-state index contributed by atoms with van der Waals surface area (Å²) in [5, 5.41) is 12.2. The van der Waals surface area contributed by atoms with E-state index >= 15 is 0 Å². The van der Waals surface area contributed by atoms with Crippen molar-refractivity contribution in [1.29, 1.82) is 0 Å². The van der Waals surface area contributed by atoms with E-state index in [1.165, 1.54) is 0 Å². The number of nitrogens with one attached hydrogen (secondary N) is 1. The van der Waals surface area contributed by atoms with Crippen molar-refractivity contribution >= 4 is 11.9 Å². The highest BCUT2D eigenvalue weighted by atomic mass is 16.5. The molecule has 2 aromatic rings. The third kappa shape index (κ3) is 6.77. The van der Waals surface area contributed by atoms with E-state index in [9.17, 15) is 14.7 Å². The van der Waals surface area contributed by atoms with Crippen LogP contribution in [0, 0.1) is 12.8 Å². The number of aryl methyl sites for hydroxylation is 2. The van der Waals surface area contributed by atoms with Crippen LogP contribution < -0.4 is 10.1 Å². The van der Waals surface area contributed by atoms with Gasteiger partial charge in [0.25, 0.3) is 0 Å². The first kappa shape index (κ1) is 20.5. The second-order valence-corrected chi connectivity index (χ2v) is 6.55. The SMILES string of the molecule is CCOc1ccc(CC(CNC(=O)CCc2ccccc2C)C(=O)O)cc1. The van der Waals surface area contributed by atoms with Crippen LogP contribution >= 0.6 is 0 Å². The van der Waals surface area contributed by atoms with Crippen LogP contribution in [0.2, 0.25) is 0 Å². The van der Waals surface area contributed by atoms with Crippen molar-refractivity contribution < 1.29 is 19.4 Å². The Bertz CT molecular complexity index is 755. The van der Waals surface area contributed by atoms with Crippen LogP contribution in [0.25, 0.3) is 0 Å². The summed E-state index contributed by atoms with van der Waals surface area (Å²) in [6.07, 6.45) is 1.36. The predicted molar refractivity (Wildman–Crippen MR) is 105 cm³/mol. The lowest BCUT2D eigenvalue weighted by Crippen LogP contribution is -2.34. The summed E-state index contributed by atoms with van der Waals surface area (Å²) in [7, 11) is 0. The van der Waals surface area contributed by atoms with Gasteiger partial charge in [-0.1, -0.05) is 36.4 Å². The number of benzene rings is 2. The third-order valence-electron chi connectivity index (χ3n) is 4.49. The first-order valence-electron chi connectivity index (χ1n) is 9.25. The normalized spacial score (nSPS) is 11.6. The molecule has 0 radical (unpaired) electrons. The standard InChI is InChI=1S/C22H27NO4/c1-3-27-20-11-8-17(9-12-20)14-19(22(25)26)15-23-21(24)13-10-18-7-5-4-6-16(18)2/h4-9,11-12,19H,3,10,13-15H2,1-2H3,(H,23,24)(H,25,26). The first-order chi connectivity index (χ1) is 13.0. The van der Waals surface area contributed by atoms with Crippen LogP contribution in [-0.2, 0) is 22.4 Å². The summed E-state index contributed by atoms with van der Waals surface area (Å²) in [5.41, 5.74) is 3.20. The monoisotopic (exact) mass is 369 g/mol. The molecule has 0 bridgehead atoms. The van der Waals surface area contributed by atoms with E-state index in [0.717, 1.165) is 22.4 Å². The first-order valence-corrected chi connectivity index (χ1v) is 9.25. The van der Waals surface area contributed by atoms with Gasteiger partial charge < -0.3 is 15.2 Å². The predicted octanol–water partition coefficient (Wildman–Crippen LogP) is 3.39. The number of aliphatic carboxylic acids is 1. The molecular weight excluding hydrogens is 342 g/mol. The maximum Gasteiger partial charge on any atom is 0.308 e. The molecule has 0 saturated heterocycles. The number of carboxylic acid groups (broad SMARTS) is 1. The van der Waals surface area contributed by atoms with Crippen LogP contribution in [0.3, 0.4) is 0 Å². The number of hydrogen-bond acceptors (Lipinski definition) is 3. The van der Waals surface area contributed by atoms with Gasteiger partial charge in [0.2, 0.25) is 5.91 Å². The number of ether oxygens (including phenoxy) is 1. The fourth-order valence-corrected chi connectivity index (χ4v) is 2.88. The van der Waals surface area contributed by atoms with Gasteiger partial charge in [0.05, 0.1) is 12.5 Å². The summed E-state index contributed by atoms with van der Waals surface area (Å²) < 4.78 is 5.39. The second kappa shape index (κ2) is 10.4. The molecular formula is C22H27NO4. The van der Waals surface area contributed by atoms with Gasteiger partial charge in [0.15, 0.2) is 0 Å². The topological polar surface area (TPSA) is 75.6 Å². The van der Waals surface area contributed by atoms with Gasteiger partial charge >= 0.3 is 5.97 Å². The van der Waals surface area contributed by atoms with Crippen molar-refractivity contribution in [2.45, 2.75) is 33.1 Å². The summed E-state index contributed by atoms with van der Waals surface area (Å²) in [4.78, 5) is 23.6. The van der Waals surface area contributed by atoms with Crippen molar-refractivity contribution in [3.8, 4) is 5.75 Å². The van der Waals surface area contributed by atoms with E-state index in [4.69, 9.17) is 4.74 Å². The summed E-state index contributed by atoms with van der Waals surface area (Å²) >= 11 is 0. The minimum atomic E-state index is -0.914. The zero-order chi connectivity index (χ0) is 19.6. The van der Waals surface area contributed by atoms with Gasteiger partial charge in [-0.05, 0) is 55.5 Å². The van der Waals surface area contributed by atoms with E-state index in [2.05, 4.69) is 5.32 Å². The molecule has 0 spiro atoms. The molecule has 5 heteroatoms. The molecule has 0 aromatic heterocycles. The molecule has 144 valence electrons. The highest BCUT2D eigenvalue weighted by Crippen LogP contribution is 2.15. The van der Waals surface area contributed by atoms with Gasteiger partial charge in [0, 0.05) is 13.0 Å². The van der Waals surface area contributed by atoms with Crippen LogP contribution in [0.15, 0.2) is 48.5 Å². The van der Waals surface area contributed by atoms with Gasteiger partial charge in [-0.25, -0.2) is 0 Å². The summed E-state index contributed by atoms with van der Waals surface area (Å²) in [5.74, 6) is -0.942. The quantitative estimate of drug-likeness (QED) is 0.673. The maximum absolute atomic E-state index is 12.1. The number of rotatable bonds is 10. The molecule has 0 fully saturated rings. The Morgan fingerprint density at radius 3 is 2.44 bits per heavy atom. The summed E-state index contributed by atoms with van der Waals surface area (Å²) in [6.45, 7) is 4.64. The second-order valence-electron chi connectivity index (χ2n) is 6.55. The lowest BCUT2D eigenvalue weighted by molar-refractivity contribution is -0.141. The zero-order valence-corrected chi connectivity index (χ0v) is 15.9. The lowest BCUT2D eigenvalue weighted by Gasteiger charge is -2.14. The zero-order valence-electron chi connectivity index (χ0n) is 15.9. The maximum atomic E-state index is 12.1. The van der Waals surface area contributed by atoms with Crippen molar-refractivity contribution in [3.05, 3.63) is 65.2 Å². The number of carboxylic acids is 1. The Morgan fingerprint density at radius 1 is 1.11 bits per heavy atom. The van der Waals surface area contributed by atoms with Crippen LogP contribution in [-0.4, -0.2) is 30.1 Å². The van der Waals surface area contributed by atoms with Crippen molar-refractivity contribution in [2.75, 3.05) is 13.2 Å². The molecule has 0 heterocycles. The van der Waals surface area contributed by atoms with Gasteiger partial charge in [-0.3, -0.25) is 9.59 Å². The molecule has 1 amide bonds. The molecule has 1 atom stereocenters. The Kier molecular flexibility index (Phi) is 7.86. The average Bonchev–Trinajstić information content (AvgIpc) is 2.65. The minimum Gasteiger partial charge on any atom is -0.494 e. The van der Waals surface area contributed by atoms with Gasteiger partial charge in [-0.15, -0.1) is 0 Å². The van der Waals surface area contributed by atoms with E-state index < -0.39 is 11.9 Å². The minimum absolute atomic E-state index is 0.120. The van der Waals surface area contributed by atoms with Crippen LogP contribution in [0.4, 0.5) is 0 Å². The molecule has 0 aliphatic carbocycles. The molecule has 2 aromatic carbocycles. The molecule has 0 aliphatic heterocycles. The molecule has 1 unspecified atom stereocenters. The fraction of sp³-hybridized carbons (Fsp3) is 0.364.